The topological polar surface area (TPSA) is 298 Å². The summed E-state index contributed by atoms with van der Waals surface area (Å²) in [6, 6.07) is -1.17. The lowest BCUT2D eigenvalue weighted by Gasteiger charge is -2.28. The predicted octanol–water partition coefficient (Wildman–Crippen LogP) is -1.64. The Morgan fingerprint density at radius 1 is 0.788 bits per heavy atom. The van der Waals surface area contributed by atoms with Gasteiger partial charge >= 0.3 is 0 Å². The molecule has 0 aromatic heterocycles. The molecule has 0 bridgehead atoms. The molecule has 292 valence electrons. The molecule has 1 aromatic carbocycles. The number of aromatic hydroxyl groups is 1. The van der Waals surface area contributed by atoms with Crippen LogP contribution in [0.5, 0.6) is 5.75 Å². The first-order valence-electron chi connectivity index (χ1n) is 17.7. The lowest BCUT2D eigenvalue weighted by Crippen LogP contribution is -2.60. The molecule has 17 nitrogen and oxygen atoms in total. The number of phenols is 1. The number of hydrogen-bond donors (Lipinski definition) is 10. The van der Waals surface area contributed by atoms with Crippen molar-refractivity contribution < 1.29 is 43.8 Å². The maximum Gasteiger partial charge on any atom is 0.245 e. The van der Waals surface area contributed by atoms with Gasteiger partial charge in [-0.25, -0.2) is 0 Å². The van der Waals surface area contributed by atoms with Crippen LogP contribution in [0.25, 0.3) is 0 Å². The van der Waals surface area contributed by atoms with Gasteiger partial charge in [-0.2, -0.15) is 0 Å². The van der Waals surface area contributed by atoms with Crippen LogP contribution in [0.4, 0.5) is 0 Å². The van der Waals surface area contributed by atoms with Gasteiger partial charge in [0.25, 0.3) is 0 Å². The van der Waals surface area contributed by atoms with Crippen LogP contribution in [-0.4, -0.2) is 101 Å². The Hall–Kier alpha value is -4.61. The maximum absolute atomic E-state index is 13.7. The summed E-state index contributed by atoms with van der Waals surface area (Å²) in [6.45, 7) is 6.79. The number of nitrogens with one attached hydrogen (secondary N) is 5. The smallest absolute Gasteiger partial charge is 0.245 e. The molecule has 0 saturated heterocycles. The summed E-state index contributed by atoms with van der Waals surface area (Å²) in [4.78, 5) is 89.5. The monoisotopic (exact) mass is 734 g/mol. The minimum Gasteiger partial charge on any atom is -0.508 e. The molecule has 0 aliphatic heterocycles. The standard InChI is InChI=1S/C35H58N8O9/c1-5-21(4)30(35(52)39-23(18-44)16-20(2)3)43-34(51)28(19-45)42-32(49)26(8-6-7-15-36)40-33(50)27(17-22-9-11-24(46)12-10-22)41-31(48)25(37)13-14-29(38)47/h9-12,18,20-21,23,25-28,30,45-46H,5-8,13-17,19,36-37H2,1-4H3,(H2,38,47)(H,39,52)(H,40,50)(H,41,48)(H,42,49)(H,43,51)/t21-,23-,25-,26-,27-,28-,30-/m0/s1. The van der Waals surface area contributed by atoms with Gasteiger partial charge in [0.05, 0.1) is 18.7 Å². The van der Waals surface area contributed by atoms with Gasteiger partial charge in [-0.15, -0.1) is 0 Å². The highest BCUT2D eigenvalue weighted by Gasteiger charge is 2.33. The first-order valence-corrected chi connectivity index (χ1v) is 17.7. The van der Waals surface area contributed by atoms with E-state index in [2.05, 4.69) is 26.6 Å². The predicted molar refractivity (Wildman–Crippen MR) is 193 cm³/mol. The molecule has 0 fully saturated rings. The molecular formula is C35H58N8O9. The fraction of sp³-hybridized carbons (Fsp3) is 0.629. The fourth-order valence-corrected chi connectivity index (χ4v) is 5.17. The normalized spacial score (nSPS) is 15.2. The molecule has 0 aliphatic rings. The van der Waals surface area contributed by atoms with Crippen LogP contribution >= 0.6 is 0 Å². The summed E-state index contributed by atoms with van der Waals surface area (Å²) in [5.74, 6) is -4.74. The third kappa shape index (κ3) is 16.6. The second-order valence-electron chi connectivity index (χ2n) is 13.4. The first-order chi connectivity index (χ1) is 24.6. The SMILES string of the molecule is CC[C@H](C)[C@H](NC(=O)[C@H](CO)NC(=O)[C@H](CCCCN)NC(=O)[C@H](Cc1ccc(O)cc1)NC(=O)[C@@H](N)CCC(N)=O)C(=O)N[C@H](C=O)CC(C)C. The number of nitrogens with two attached hydrogens (primary N) is 3. The Bertz CT molecular complexity index is 1330. The number of carbonyl (C=O) groups excluding carboxylic acids is 7. The average molecular weight is 735 g/mol. The van der Waals surface area contributed by atoms with Gasteiger partial charge in [-0.05, 0) is 68.2 Å². The Morgan fingerprint density at radius 2 is 1.37 bits per heavy atom. The largest absolute Gasteiger partial charge is 0.508 e. The lowest BCUT2D eigenvalue weighted by atomic mass is 9.96. The molecule has 1 aromatic rings. The number of carbonyl (C=O) groups is 7. The molecule has 6 amide bonds. The van der Waals surface area contributed by atoms with Crippen molar-refractivity contribution in [3.05, 3.63) is 29.8 Å². The lowest BCUT2D eigenvalue weighted by molar-refractivity contribution is -0.136. The van der Waals surface area contributed by atoms with E-state index in [9.17, 15) is 43.8 Å². The van der Waals surface area contributed by atoms with E-state index in [1.807, 2.05) is 20.8 Å². The third-order valence-corrected chi connectivity index (χ3v) is 8.45. The van der Waals surface area contributed by atoms with Crippen molar-refractivity contribution in [1.29, 1.82) is 0 Å². The summed E-state index contributed by atoms with van der Waals surface area (Å²) >= 11 is 0. The van der Waals surface area contributed by atoms with Gasteiger partial charge in [-0.3, -0.25) is 28.8 Å². The Labute approximate surface area is 305 Å². The van der Waals surface area contributed by atoms with Gasteiger partial charge in [0, 0.05) is 12.8 Å². The van der Waals surface area contributed by atoms with Crippen molar-refractivity contribution in [2.45, 2.75) is 115 Å². The highest BCUT2D eigenvalue weighted by molar-refractivity contribution is 5.96. The number of benzene rings is 1. The molecule has 13 N–H and O–H groups in total. The summed E-state index contributed by atoms with van der Waals surface area (Å²) in [5, 5.41) is 32.7. The first kappa shape index (κ1) is 45.4. The van der Waals surface area contributed by atoms with Gasteiger partial charge < -0.3 is 58.8 Å². The molecule has 17 heteroatoms. The Balaban J connectivity index is 3.24. The van der Waals surface area contributed by atoms with Crippen LogP contribution in [0, 0.1) is 11.8 Å². The quantitative estimate of drug-likeness (QED) is 0.0402. The van der Waals surface area contributed by atoms with E-state index in [1.54, 1.807) is 19.1 Å². The van der Waals surface area contributed by atoms with Crippen LogP contribution in [0.1, 0.15) is 78.2 Å². The summed E-state index contributed by atoms with van der Waals surface area (Å²) in [6.07, 6.45) is 2.17. The number of phenolic OH excluding ortho intramolecular Hbond substituents is 1. The van der Waals surface area contributed by atoms with Crippen LogP contribution in [0.15, 0.2) is 24.3 Å². The molecule has 0 unspecified atom stereocenters. The average Bonchev–Trinajstić information content (AvgIpc) is 3.10. The fourth-order valence-electron chi connectivity index (χ4n) is 5.17. The number of rotatable bonds is 25. The zero-order chi connectivity index (χ0) is 39.4. The van der Waals surface area contributed by atoms with E-state index in [-0.39, 0.29) is 43.3 Å². The summed E-state index contributed by atoms with van der Waals surface area (Å²) < 4.78 is 0. The maximum atomic E-state index is 13.7. The Morgan fingerprint density at radius 3 is 1.90 bits per heavy atom. The second kappa shape index (κ2) is 23.8. The summed E-state index contributed by atoms with van der Waals surface area (Å²) in [5.41, 5.74) is 17.3. The van der Waals surface area contributed by atoms with Crippen molar-refractivity contribution in [2.75, 3.05) is 13.2 Å². The number of aliphatic hydroxyl groups is 1. The van der Waals surface area contributed by atoms with Crippen LogP contribution in [0.3, 0.4) is 0 Å². The number of unbranched alkanes of at least 4 members (excludes halogenated alkanes) is 1. The Kier molecular flexibility index (Phi) is 20.8. The van der Waals surface area contributed by atoms with Crippen molar-refractivity contribution in [3.63, 3.8) is 0 Å². The molecule has 1 rings (SSSR count). The molecule has 0 spiro atoms. The number of aliphatic hydroxyl groups excluding tert-OH is 1. The minimum atomic E-state index is -1.52. The van der Waals surface area contributed by atoms with E-state index in [0.717, 1.165) is 0 Å². The van der Waals surface area contributed by atoms with Crippen molar-refractivity contribution in [3.8, 4) is 5.75 Å². The van der Waals surface area contributed by atoms with E-state index in [1.165, 1.54) is 12.1 Å². The van der Waals surface area contributed by atoms with Gasteiger partial charge in [0.1, 0.15) is 36.2 Å². The minimum absolute atomic E-state index is 0.0197. The van der Waals surface area contributed by atoms with Crippen LogP contribution in [0.2, 0.25) is 0 Å². The van der Waals surface area contributed by atoms with Gasteiger partial charge in [0.15, 0.2) is 0 Å². The highest BCUT2D eigenvalue weighted by atomic mass is 16.3. The zero-order valence-corrected chi connectivity index (χ0v) is 30.6. The highest BCUT2D eigenvalue weighted by Crippen LogP contribution is 2.13. The molecule has 0 heterocycles. The molecule has 7 atom stereocenters. The second-order valence-corrected chi connectivity index (χ2v) is 13.4. The number of hydrogen-bond acceptors (Lipinski definition) is 11. The number of primary amides is 1. The molecule has 52 heavy (non-hydrogen) atoms. The van der Waals surface area contributed by atoms with Crippen LogP contribution < -0.4 is 43.8 Å². The van der Waals surface area contributed by atoms with E-state index < -0.39 is 78.3 Å². The van der Waals surface area contributed by atoms with Gasteiger partial charge in [0.2, 0.25) is 35.4 Å². The van der Waals surface area contributed by atoms with E-state index in [0.29, 0.717) is 44.1 Å². The van der Waals surface area contributed by atoms with E-state index >= 15 is 0 Å². The molecular weight excluding hydrogens is 676 g/mol. The van der Waals surface area contributed by atoms with E-state index in [4.69, 9.17) is 17.2 Å². The third-order valence-electron chi connectivity index (χ3n) is 8.45. The molecule has 0 radical (unpaired) electrons. The van der Waals surface area contributed by atoms with Crippen LogP contribution in [-0.2, 0) is 40.0 Å². The van der Waals surface area contributed by atoms with Crippen molar-refractivity contribution >= 4 is 41.7 Å². The molecule has 0 saturated carbocycles. The number of amides is 6. The zero-order valence-electron chi connectivity index (χ0n) is 30.6. The van der Waals surface area contributed by atoms with Crippen molar-refractivity contribution in [2.24, 2.45) is 29.0 Å². The van der Waals surface area contributed by atoms with Gasteiger partial charge in [-0.1, -0.05) is 46.2 Å². The van der Waals surface area contributed by atoms with Crippen molar-refractivity contribution in [1.82, 2.24) is 26.6 Å². The summed E-state index contributed by atoms with van der Waals surface area (Å²) in [7, 11) is 0. The number of aldehydes is 1. The molecule has 0 aliphatic carbocycles.